The molecule has 92 valence electrons. The second kappa shape index (κ2) is 6.18. The number of benzene rings is 1. The number of aliphatic carboxylic acids is 1. The molecule has 0 aliphatic rings. The average Bonchev–Trinajstić information content (AvgIpc) is 2.29. The second-order valence-electron chi connectivity index (χ2n) is 4.26. The first-order valence-corrected chi connectivity index (χ1v) is 5.90. The molecule has 0 aliphatic carbocycles. The summed E-state index contributed by atoms with van der Waals surface area (Å²) in [5.74, 6) is -2.22. The molecule has 0 amide bonds. The fourth-order valence-electron chi connectivity index (χ4n) is 1.69. The Kier molecular flexibility index (Phi) is 4.88. The van der Waals surface area contributed by atoms with Gasteiger partial charge in [0.1, 0.15) is 5.92 Å². The number of unbranched alkanes of at least 4 members (excludes halogenated alkanes) is 1. The van der Waals surface area contributed by atoms with Crippen LogP contribution in [0.4, 0.5) is 0 Å². The van der Waals surface area contributed by atoms with E-state index in [1.165, 1.54) is 0 Å². The summed E-state index contributed by atoms with van der Waals surface area (Å²) >= 11 is 0. The van der Waals surface area contributed by atoms with E-state index >= 15 is 0 Å². The Labute approximate surface area is 101 Å². The van der Waals surface area contributed by atoms with Crippen LogP contribution in [-0.4, -0.2) is 16.9 Å². The van der Waals surface area contributed by atoms with E-state index in [0.717, 1.165) is 18.4 Å². The van der Waals surface area contributed by atoms with Gasteiger partial charge in [0.2, 0.25) is 0 Å². The van der Waals surface area contributed by atoms with Crippen LogP contribution in [0.2, 0.25) is 0 Å². The minimum atomic E-state index is -1.02. The van der Waals surface area contributed by atoms with Gasteiger partial charge in [0.15, 0.2) is 5.78 Å². The number of carbonyl (C=O) groups excluding carboxylic acids is 1. The Hall–Kier alpha value is -1.64. The lowest BCUT2D eigenvalue weighted by Crippen LogP contribution is -2.23. The van der Waals surface area contributed by atoms with Gasteiger partial charge in [-0.15, -0.1) is 0 Å². The number of carboxylic acids is 1. The van der Waals surface area contributed by atoms with Crippen LogP contribution in [0.3, 0.4) is 0 Å². The molecule has 3 nitrogen and oxygen atoms in total. The van der Waals surface area contributed by atoms with Crippen molar-refractivity contribution in [3.63, 3.8) is 0 Å². The van der Waals surface area contributed by atoms with Crippen molar-refractivity contribution in [1.82, 2.24) is 0 Å². The van der Waals surface area contributed by atoms with Gasteiger partial charge in [-0.2, -0.15) is 0 Å². The molecule has 0 fully saturated rings. The molecule has 1 rings (SSSR count). The first kappa shape index (κ1) is 13.4. The molecule has 0 saturated heterocycles. The van der Waals surface area contributed by atoms with Gasteiger partial charge in [0.05, 0.1) is 0 Å². The summed E-state index contributed by atoms with van der Waals surface area (Å²) in [6.45, 7) is 3.91. The molecule has 0 bridgehead atoms. The molecule has 0 radical (unpaired) electrons. The van der Waals surface area contributed by atoms with Crippen LogP contribution in [0.25, 0.3) is 0 Å². The molecule has 1 aromatic rings. The van der Waals surface area contributed by atoms with Crippen molar-refractivity contribution in [3.8, 4) is 0 Å². The number of carbonyl (C=O) groups is 2. The lowest BCUT2D eigenvalue weighted by atomic mass is 9.92. The molecule has 0 aliphatic heterocycles. The van der Waals surface area contributed by atoms with Crippen LogP contribution in [0, 0.1) is 12.8 Å². The number of carboxylic acid groups (broad SMARTS) is 1. The standard InChI is InChI=1S/C14H18O3/c1-3-4-5-12(14(16)17)13(15)11-8-6-10(2)7-9-11/h6-9,12H,3-5H2,1-2H3,(H,16,17). The molecule has 1 aromatic carbocycles. The topological polar surface area (TPSA) is 54.4 Å². The number of hydrogen-bond acceptors (Lipinski definition) is 2. The van der Waals surface area contributed by atoms with Gasteiger partial charge in [-0.1, -0.05) is 49.6 Å². The van der Waals surface area contributed by atoms with E-state index in [0.29, 0.717) is 12.0 Å². The highest BCUT2D eigenvalue weighted by Gasteiger charge is 2.26. The van der Waals surface area contributed by atoms with Gasteiger partial charge in [0.25, 0.3) is 0 Å². The van der Waals surface area contributed by atoms with Gasteiger partial charge < -0.3 is 5.11 Å². The Bertz CT molecular complexity index is 392. The maximum absolute atomic E-state index is 12.0. The molecule has 17 heavy (non-hydrogen) atoms. The SMILES string of the molecule is CCCCC(C(=O)O)C(=O)c1ccc(C)cc1. The summed E-state index contributed by atoms with van der Waals surface area (Å²) in [6.07, 6.45) is 2.07. The molecular weight excluding hydrogens is 216 g/mol. The van der Waals surface area contributed by atoms with E-state index in [1.54, 1.807) is 12.1 Å². The zero-order valence-corrected chi connectivity index (χ0v) is 10.3. The molecule has 1 atom stereocenters. The molecular formula is C14H18O3. The molecule has 0 spiro atoms. The summed E-state index contributed by atoms with van der Waals surface area (Å²) in [5.41, 5.74) is 1.54. The maximum Gasteiger partial charge on any atom is 0.314 e. The van der Waals surface area contributed by atoms with Gasteiger partial charge in [-0.3, -0.25) is 9.59 Å². The largest absolute Gasteiger partial charge is 0.481 e. The Morgan fingerprint density at radius 1 is 1.24 bits per heavy atom. The Morgan fingerprint density at radius 2 is 1.82 bits per heavy atom. The first-order valence-electron chi connectivity index (χ1n) is 5.90. The van der Waals surface area contributed by atoms with Crippen molar-refractivity contribution in [2.75, 3.05) is 0 Å². The highest BCUT2D eigenvalue weighted by Crippen LogP contribution is 2.16. The van der Waals surface area contributed by atoms with Crippen LogP contribution >= 0.6 is 0 Å². The maximum atomic E-state index is 12.0. The van der Waals surface area contributed by atoms with Gasteiger partial charge in [-0.25, -0.2) is 0 Å². The number of rotatable bonds is 6. The number of Topliss-reactive ketones (excluding diaryl/α,β-unsaturated/α-hetero) is 1. The van der Waals surface area contributed by atoms with Crippen LogP contribution < -0.4 is 0 Å². The van der Waals surface area contributed by atoms with Crippen molar-refractivity contribution < 1.29 is 14.7 Å². The van der Waals surface area contributed by atoms with E-state index in [1.807, 2.05) is 26.0 Å². The number of ketones is 1. The summed E-state index contributed by atoms with van der Waals surface area (Å²) in [5, 5.41) is 9.07. The predicted octanol–water partition coefficient (Wildman–Crippen LogP) is 3.07. The summed E-state index contributed by atoms with van der Waals surface area (Å²) in [7, 11) is 0. The monoisotopic (exact) mass is 234 g/mol. The van der Waals surface area contributed by atoms with Crippen LogP contribution in [0.15, 0.2) is 24.3 Å². The van der Waals surface area contributed by atoms with Crippen LogP contribution in [0.1, 0.15) is 42.1 Å². The Balaban J connectivity index is 2.84. The van der Waals surface area contributed by atoms with Crippen molar-refractivity contribution >= 4 is 11.8 Å². The second-order valence-corrected chi connectivity index (χ2v) is 4.26. The van der Waals surface area contributed by atoms with Crippen molar-refractivity contribution in [1.29, 1.82) is 0 Å². The van der Waals surface area contributed by atoms with Gasteiger partial charge in [0, 0.05) is 5.56 Å². The molecule has 3 heteroatoms. The summed E-state index contributed by atoms with van der Waals surface area (Å²) in [6, 6.07) is 7.04. The zero-order chi connectivity index (χ0) is 12.8. The lowest BCUT2D eigenvalue weighted by molar-refractivity contribution is -0.140. The average molecular weight is 234 g/mol. The number of hydrogen-bond donors (Lipinski definition) is 1. The fraction of sp³-hybridized carbons (Fsp3) is 0.429. The number of aryl methyl sites for hydroxylation is 1. The molecule has 0 saturated carbocycles. The molecule has 1 N–H and O–H groups in total. The smallest absolute Gasteiger partial charge is 0.314 e. The highest BCUT2D eigenvalue weighted by atomic mass is 16.4. The normalized spacial score (nSPS) is 12.1. The minimum absolute atomic E-state index is 0.286. The summed E-state index contributed by atoms with van der Waals surface area (Å²) in [4.78, 5) is 23.1. The fourth-order valence-corrected chi connectivity index (χ4v) is 1.69. The molecule has 0 heterocycles. The van der Waals surface area contributed by atoms with E-state index < -0.39 is 11.9 Å². The Morgan fingerprint density at radius 3 is 2.29 bits per heavy atom. The summed E-state index contributed by atoms with van der Waals surface area (Å²) < 4.78 is 0. The van der Waals surface area contributed by atoms with Gasteiger partial charge >= 0.3 is 5.97 Å². The van der Waals surface area contributed by atoms with Crippen molar-refractivity contribution in [2.45, 2.75) is 33.1 Å². The van der Waals surface area contributed by atoms with E-state index in [2.05, 4.69) is 0 Å². The third kappa shape index (κ3) is 3.70. The lowest BCUT2D eigenvalue weighted by Gasteiger charge is -2.10. The van der Waals surface area contributed by atoms with E-state index in [4.69, 9.17) is 5.11 Å². The predicted molar refractivity (Wildman–Crippen MR) is 66.2 cm³/mol. The van der Waals surface area contributed by atoms with Crippen LogP contribution in [-0.2, 0) is 4.79 Å². The third-order valence-corrected chi connectivity index (χ3v) is 2.80. The minimum Gasteiger partial charge on any atom is -0.481 e. The zero-order valence-electron chi connectivity index (χ0n) is 10.3. The molecule has 0 aromatic heterocycles. The quantitative estimate of drug-likeness (QED) is 0.608. The third-order valence-electron chi connectivity index (χ3n) is 2.80. The first-order chi connectivity index (χ1) is 8.06. The highest BCUT2D eigenvalue weighted by molar-refractivity contribution is 6.08. The van der Waals surface area contributed by atoms with Gasteiger partial charge in [-0.05, 0) is 13.3 Å². The molecule has 1 unspecified atom stereocenters. The van der Waals surface area contributed by atoms with Crippen molar-refractivity contribution in [2.24, 2.45) is 5.92 Å². The van der Waals surface area contributed by atoms with E-state index in [-0.39, 0.29) is 5.78 Å². The van der Waals surface area contributed by atoms with E-state index in [9.17, 15) is 9.59 Å². The van der Waals surface area contributed by atoms with Crippen molar-refractivity contribution in [3.05, 3.63) is 35.4 Å². The van der Waals surface area contributed by atoms with Crippen LogP contribution in [0.5, 0.6) is 0 Å².